The van der Waals surface area contributed by atoms with Gasteiger partial charge in [0.1, 0.15) is 11.3 Å². The Hall–Kier alpha value is -2.99. The van der Waals surface area contributed by atoms with E-state index >= 15 is 0 Å². The number of para-hydroxylation sites is 2. The van der Waals surface area contributed by atoms with Crippen molar-refractivity contribution in [2.24, 2.45) is 0 Å². The molecular formula is C20H19N5S. The minimum Gasteiger partial charge on any atom is -0.338 e. The molecule has 0 aliphatic heterocycles. The fraction of sp³-hybridized carbons (Fsp3) is 0.150. The molecule has 0 unspecified atom stereocenters. The Morgan fingerprint density at radius 3 is 2.23 bits per heavy atom. The van der Waals surface area contributed by atoms with Gasteiger partial charge in [0.25, 0.3) is 0 Å². The second kappa shape index (κ2) is 6.72. The summed E-state index contributed by atoms with van der Waals surface area (Å²) < 4.78 is 0. The molecule has 2 aromatic heterocycles. The molecule has 2 N–H and O–H groups in total. The summed E-state index contributed by atoms with van der Waals surface area (Å²) in [5, 5.41) is 7.62. The smallest absolute Gasteiger partial charge is 0.189 e. The van der Waals surface area contributed by atoms with E-state index in [0.29, 0.717) is 0 Å². The molecule has 0 aliphatic rings. The first-order valence-electron chi connectivity index (χ1n) is 8.40. The van der Waals surface area contributed by atoms with Crippen molar-refractivity contribution < 1.29 is 0 Å². The van der Waals surface area contributed by atoms with Gasteiger partial charge in [-0.1, -0.05) is 47.7 Å². The molecule has 0 saturated carbocycles. The third kappa shape index (κ3) is 3.23. The molecule has 4 rings (SSSR count). The Morgan fingerprint density at radius 2 is 1.50 bits per heavy atom. The van der Waals surface area contributed by atoms with Gasteiger partial charge >= 0.3 is 0 Å². The van der Waals surface area contributed by atoms with Crippen molar-refractivity contribution in [3.8, 4) is 0 Å². The predicted molar refractivity (Wildman–Crippen MR) is 109 cm³/mol. The number of hydrogen-bond donors (Lipinski definition) is 2. The van der Waals surface area contributed by atoms with Crippen LogP contribution in [0.3, 0.4) is 0 Å². The van der Waals surface area contributed by atoms with Gasteiger partial charge in [0.2, 0.25) is 0 Å². The number of aromatic nitrogens is 3. The summed E-state index contributed by atoms with van der Waals surface area (Å²) in [6.45, 7) is 6.08. The van der Waals surface area contributed by atoms with E-state index in [9.17, 15) is 0 Å². The van der Waals surface area contributed by atoms with Crippen LogP contribution in [0.25, 0.3) is 10.3 Å². The number of benzene rings is 2. The first-order chi connectivity index (χ1) is 12.6. The van der Waals surface area contributed by atoms with Crippen LogP contribution in [0.15, 0.2) is 48.5 Å². The van der Waals surface area contributed by atoms with Gasteiger partial charge in [-0.3, -0.25) is 0 Å². The highest BCUT2D eigenvalue weighted by Gasteiger charge is 2.14. The van der Waals surface area contributed by atoms with Crippen LogP contribution in [0, 0.1) is 20.8 Å². The average Bonchev–Trinajstić information content (AvgIpc) is 3.02. The van der Waals surface area contributed by atoms with Gasteiger partial charge in [0.15, 0.2) is 15.8 Å². The molecule has 5 nitrogen and oxygen atoms in total. The van der Waals surface area contributed by atoms with E-state index in [2.05, 4.69) is 52.6 Å². The van der Waals surface area contributed by atoms with Crippen LogP contribution in [0.1, 0.15) is 17.0 Å². The van der Waals surface area contributed by atoms with Crippen LogP contribution in [-0.4, -0.2) is 15.0 Å². The lowest BCUT2D eigenvalue weighted by Gasteiger charge is -2.09. The van der Waals surface area contributed by atoms with Crippen molar-refractivity contribution >= 4 is 44.0 Å². The Bertz CT molecular complexity index is 1050. The number of rotatable bonds is 4. The molecule has 2 heterocycles. The van der Waals surface area contributed by atoms with E-state index in [1.54, 1.807) is 0 Å². The van der Waals surface area contributed by atoms with Gasteiger partial charge in [0, 0.05) is 11.4 Å². The molecule has 0 bridgehead atoms. The van der Waals surface area contributed by atoms with Crippen molar-refractivity contribution in [3.63, 3.8) is 0 Å². The minimum absolute atomic E-state index is 0.721. The summed E-state index contributed by atoms with van der Waals surface area (Å²) in [4.78, 5) is 14.7. The lowest BCUT2D eigenvalue weighted by molar-refractivity contribution is 1.09. The van der Waals surface area contributed by atoms with Gasteiger partial charge in [-0.25, -0.2) is 15.0 Å². The first-order valence-corrected chi connectivity index (χ1v) is 9.22. The second-order valence-electron chi connectivity index (χ2n) is 6.18. The number of anilines is 4. The van der Waals surface area contributed by atoms with Crippen LogP contribution in [-0.2, 0) is 0 Å². The Labute approximate surface area is 156 Å². The fourth-order valence-electron chi connectivity index (χ4n) is 2.85. The van der Waals surface area contributed by atoms with Crippen molar-refractivity contribution in [3.05, 3.63) is 65.5 Å². The van der Waals surface area contributed by atoms with Crippen molar-refractivity contribution in [2.45, 2.75) is 20.8 Å². The number of hydrogen-bond acceptors (Lipinski definition) is 6. The first kappa shape index (κ1) is 16.5. The fourth-order valence-corrected chi connectivity index (χ4v) is 3.74. The van der Waals surface area contributed by atoms with E-state index in [0.717, 1.165) is 38.5 Å². The SMILES string of the molecule is Cc1nc(Nc2ccccc2)c2nc(Nc3c(C)cccc3C)sc2n1. The summed E-state index contributed by atoms with van der Waals surface area (Å²) in [5.74, 6) is 1.45. The minimum atomic E-state index is 0.721. The van der Waals surface area contributed by atoms with Crippen LogP contribution in [0.4, 0.5) is 22.3 Å². The predicted octanol–water partition coefficient (Wildman–Crippen LogP) is 5.50. The largest absolute Gasteiger partial charge is 0.338 e. The lowest BCUT2D eigenvalue weighted by atomic mass is 10.1. The van der Waals surface area contributed by atoms with Gasteiger partial charge in [0.05, 0.1) is 0 Å². The van der Waals surface area contributed by atoms with Crippen LogP contribution >= 0.6 is 11.3 Å². The van der Waals surface area contributed by atoms with Crippen molar-refractivity contribution in [2.75, 3.05) is 10.6 Å². The van der Waals surface area contributed by atoms with Crippen LogP contribution < -0.4 is 10.6 Å². The maximum absolute atomic E-state index is 4.75. The van der Waals surface area contributed by atoms with Gasteiger partial charge in [-0.15, -0.1) is 0 Å². The van der Waals surface area contributed by atoms with Crippen LogP contribution in [0.5, 0.6) is 0 Å². The van der Waals surface area contributed by atoms with Crippen molar-refractivity contribution in [1.82, 2.24) is 15.0 Å². The zero-order valence-electron chi connectivity index (χ0n) is 14.9. The third-order valence-electron chi connectivity index (χ3n) is 4.12. The van der Waals surface area contributed by atoms with Gasteiger partial charge in [-0.2, -0.15) is 0 Å². The highest BCUT2D eigenvalue weighted by Crippen LogP contribution is 2.33. The Balaban J connectivity index is 1.74. The van der Waals surface area contributed by atoms with E-state index in [-0.39, 0.29) is 0 Å². The van der Waals surface area contributed by atoms with E-state index in [4.69, 9.17) is 4.98 Å². The monoisotopic (exact) mass is 361 g/mol. The Morgan fingerprint density at radius 1 is 0.769 bits per heavy atom. The summed E-state index contributed by atoms with van der Waals surface area (Å²) in [7, 11) is 0. The molecule has 0 amide bonds. The molecule has 2 aromatic carbocycles. The molecule has 0 saturated heterocycles. The Kier molecular flexibility index (Phi) is 4.26. The van der Waals surface area contributed by atoms with E-state index < -0.39 is 0 Å². The molecule has 0 aliphatic carbocycles. The van der Waals surface area contributed by atoms with E-state index in [1.165, 1.54) is 22.5 Å². The van der Waals surface area contributed by atoms with E-state index in [1.807, 2.05) is 37.3 Å². The molecule has 130 valence electrons. The topological polar surface area (TPSA) is 62.7 Å². The summed E-state index contributed by atoms with van der Waals surface area (Å²) in [5.41, 5.74) is 5.22. The second-order valence-corrected chi connectivity index (χ2v) is 7.15. The quantitative estimate of drug-likeness (QED) is 0.502. The number of nitrogens with zero attached hydrogens (tertiary/aromatic N) is 3. The highest BCUT2D eigenvalue weighted by atomic mass is 32.1. The summed E-state index contributed by atoms with van der Waals surface area (Å²) in [6, 6.07) is 16.2. The molecule has 0 fully saturated rings. The molecule has 4 aromatic rings. The standard InChI is InChI=1S/C20H19N5S/c1-12-8-7-9-13(2)16(12)24-20-25-17-18(21-14(3)22-19(17)26-20)23-15-10-5-4-6-11-15/h4-11H,1-3H3,(H,24,25)(H,21,22,23). The van der Waals surface area contributed by atoms with Gasteiger partial charge < -0.3 is 10.6 Å². The highest BCUT2D eigenvalue weighted by molar-refractivity contribution is 7.21. The molecule has 0 atom stereocenters. The van der Waals surface area contributed by atoms with Crippen molar-refractivity contribution in [1.29, 1.82) is 0 Å². The van der Waals surface area contributed by atoms with Gasteiger partial charge in [-0.05, 0) is 44.0 Å². The molecule has 6 heteroatoms. The number of thiazole rings is 1. The zero-order chi connectivity index (χ0) is 18.1. The summed E-state index contributed by atoms with van der Waals surface area (Å²) >= 11 is 1.54. The summed E-state index contributed by atoms with van der Waals surface area (Å²) in [6.07, 6.45) is 0. The lowest BCUT2D eigenvalue weighted by Crippen LogP contribution is -1.98. The molecule has 0 radical (unpaired) electrons. The normalized spacial score (nSPS) is 10.9. The number of aryl methyl sites for hydroxylation is 3. The average molecular weight is 361 g/mol. The molecule has 26 heavy (non-hydrogen) atoms. The zero-order valence-corrected chi connectivity index (χ0v) is 15.7. The number of fused-ring (bicyclic) bond motifs is 1. The number of nitrogens with one attached hydrogen (secondary N) is 2. The van der Waals surface area contributed by atoms with Crippen LogP contribution in [0.2, 0.25) is 0 Å². The third-order valence-corrected chi connectivity index (χ3v) is 4.98. The molecule has 0 spiro atoms. The maximum atomic E-state index is 4.75. The maximum Gasteiger partial charge on any atom is 0.189 e. The molecular weight excluding hydrogens is 342 g/mol.